The summed E-state index contributed by atoms with van der Waals surface area (Å²) >= 11 is 3.33. The largest absolute Gasteiger partial charge is 0.370 e. The van der Waals surface area contributed by atoms with Crippen molar-refractivity contribution in [3.05, 3.63) is 40.4 Å². The Kier molecular flexibility index (Phi) is 5.12. The number of hydrogen-bond acceptors (Lipinski definition) is 4. The molecule has 0 bridgehead atoms. The van der Waals surface area contributed by atoms with Crippen LogP contribution in [0.2, 0.25) is 0 Å². The number of nitrogens with one attached hydrogen (secondary N) is 2. The van der Waals surface area contributed by atoms with E-state index in [0.717, 1.165) is 16.8 Å². The second-order valence-corrected chi connectivity index (χ2v) is 5.85. The predicted molar refractivity (Wildman–Crippen MR) is 87.7 cm³/mol. The lowest BCUT2D eigenvalue weighted by molar-refractivity contribution is 0.631. The fourth-order valence-electron chi connectivity index (χ4n) is 1.79. The summed E-state index contributed by atoms with van der Waals surface area (Å²) in [6.45, 7) is 6.81. The first-order valence-corrected chi connectivity index (χ1v) is 7.63. The summed E-state index contributed by atoms with van der Waals surface area (Å²) in [6.07, 6.45) is 0. The van der Waals surface area contributed by atoms with Gasteiger partial charge in [-0.3, -0.25) is 0 Å². The number of halogens is 2. The molecule has 1 aromatic carbocycles. The lowest BCUT2D eigenvalue weighted by Gasteiger charge is -2.13. The molecular formula is C15H18BrFN4. The molecule has 2 rings (SSSR count). The number of hydrogen-bond donors (Lipinski definition) is 2. The fourth-order valence-corrected chi connectivity index (χ4v) is 2.15. The zero-order valence-corrected chi connectivity index (χ0v) is 13.8. The first-order chi connectivity index (χ1) is 9.99. The van der Waals surface area contributed by atoms with E-state index in [1.807, 2.05) is 20.8 Å². The van der Waals surface area contributed by atoms with Gasteiger partial charge in [0.1, 0.15) is 23.3 Å². The molecule has 21 heavy (non-hydrogen) atoms. The van der Waals surface area contributed by atoms with E-state index in [9.17, 15) is 4.39 Å². The lowest BCUT2D eigenvalue weighted by Crippen LogP contribution is -2.07. The third-order valence-electron chi connectivity index (χ3n) is 2.81. The molecule has 6 heteroatoms. The lowest BCUT2D eigenvalue weighted by atomic mass is 10.2. The highest BCUT2D eigenvalue weighted by atomic mass is 79.9. The van der Waals surface area contributed by atoms with E-state index in [1.165, 1.54) is 6.07 Å². The van der Waals surface area contributed by atoms with Gasteiger partial charge >= 0.3 is 0 Å². The van der Waals surface area contributed by atoms with E-state index in [4.69, 9.17) is 0 Å². The van der Waals surface area contributed by atoms with Gasteiger partial charge in [0.25, 0.3) is 0 Å². The molecule has 1 heterocycles. The Bertz CT molecular complexity index is 631. The highest BCUT2D eigenvalue weighted by Crippen LogP contribution is 2.25. The molecule has 0 atom stereocenters. The molecule has 0 fully saturated rings. The maximum absolute atomic E-state index is 13.8. The van der Waals surface area contributed by atoms with Crippen molar-refractivity contribution in [3.8, 4) is 0 Å². The SMILES string of the molecule is CCNc1cc(Nc2cc(Br)ccc2F)nc(C(C)C)n1. The first kappa shape index (κ1) is 15.7. The molecule has 0 unspecified atom stereocenters. The zero-order chi connectivity index (χ0) is 15.4. The molecule has 2 N–H and O–H groups in total. The predicted octanol–water partition coefficient (Wildman–Crippen LogP) is 4.68. The fraction of sp³-hybridized carbons (Fsp3) is 0.333. The Morgan fingerprint density at radius 2 is 1.90 bits per heavy atom. The van der Waals surface area contributed by atoms with Crippen molar-refractivity contribution < 1.29 is 4.39 Å². The van der Waals surface area contributed by atoms with Crippen molar-refractivity contribution >= 4 is 33.3 Å². The molecule has 2 aromatic rings. The summed E-state index contributed by atoms with van der Waals surface area (Å²) < 4.78 is 14.6. The summed E-state index contributed by atoms with van der Waals surface area (Å²) in [4.78, 5) is 8.88. The van der Waals surface area contributed by atoms with Gasteiger partial charge in [0, 0.05) is 23.0 Å². The van der Waals surface area contributed by atoms with Gasteiger partial charge in [-0.25, -0.2) is 14.4 Å². The van der Waals surface area contributed by atoms with Crippen LogP contribution in [-0.4, -0.2) is 16.5 Å². The van der Waals surface area contributed by atoms with Crippen molar-refractivity contribution in [3.63, 3.8) is 0 Å². The molecule has 0 saturated carbocycles. The van der Waals surface area contributed by atoms with Crippen LogP contribution >= 0.6 is 15.9 Å². The topological polar surface area (TPSA) is 49.8 Å². The van der Waals surface area contributed by atoms with E-state index < -0.39 is 0 Å². The Labute approximate surface area is 132 Å². The average molecular weight is 353 g/mol. The van der Waals surface area contributed by atoms with Crippen LogP contribution in [0.25, 0.3) is 0 Å². The van der Waals surface area contributed by atoms with E-state index >= 15 is 0 Å². The molecule has 0 aliphatic rings. The highest BCUT2D eigenvalue weighted by molar-refractivity contribution is 9.10. The zero-order valence-electron chi connectivity index (χ0n) is 12.2. The van der Waals surface area contributed by atoms with Gasteiger partial charge in [-0.1, -0.05) is 29.8 Å². The van der Waals surface area contributed by atoms with Crippen molar-refractivity contribution in [1.29, 1.82) is 0 Å². The molecule has 0 radical (unpaired) electrons. The van der Waals surface area contributed by atoms with Gasteiger partial charge < -0.3 is 10.6 Å². The van der Waals surface area contributed by atoms with E-state index in [1.54, 1.807) is 18.2 Å². The van der Waals surface area contributed by atoms with Gasteiger partial charge in [0.05, 0.1) is 5.69 Å². The summed E-state index contributed by atoms with van der Waals surface area (Å²) in [5, 5.41) is 6.17. The molecule has 4 nitrogen and oxygen atoms in total. The minimum atomic E-state index is -0.326. The molecule has 1 aromatic heterocycles. The maximum Gasteiger partial charge on any atom is 0.146 e. The number of nitrogens with zero attached hydrogens (tertiary/aromatic N) is 2. The molecule has 0 spiro atoms. The number of benzene rings is 1. The standard InChI is InChI=1S/C15H18BrFN4/c1-4-18-13-8-14(21-15(20-13)9(2)3)19-12-7-10(16)5-6-11(12)17/h5-9H,4H2,1-3H3,(H2,18,19,20,21). The number of rotatable bonds is 5. The Hall–Kier alpha value is -1.69. The molecule has 0 aliphatic heterocycles. The Balaban J connectivity index is 2.36. The molecule has 0 aliphatic carbocycles. The monoisotopic (exact) mass is 352 g/mol. The summed E-state index contributed by atoms with van der Waals surface area (Å²) in [5.41, 5.74) is 0.375. The van der Waals surface area contributed by atoms with Gasteiger partial charge in [0.2, 0.25) is 0 Å². The Morgan fingerprint density at radius 1 is 1.19 bits per heavy atom. The van der Waals surface area contributed by atoms with Crippen LogP contribution in [-0.2, 0) is 0 Å². The number of aromatic nitrogens is 2. The van der Waals surface area contributed by atoms with E-state index in [-0.39, 0.29) is 11.7 Å². The first-order valence-electron chi connectivity index (χ1n) is 6.84. The van der Waals surface area contributed by atoms with Gasteiger partial charge in [-0.2, -0.15) is 0 Å². The normalized spacial score (nSPS) is 10.8. The molecule has 0 amide bonds. The molecule has 112 valence electrons. The van der Waals surface area contributed by atoms with E-state index in [2.05, 4.69) is 36.5 Å². The second-order valence-electron chi connectivity index (χ2n) is 4.93. The minimum absolute atomic E-state index is 0.191. The van der Waals surface area contributed by atoms with Crippen LogP contribution in [0.5, 0.6) is 0 Å². The van der Waals surface area contributed by atoms with E-state index in [0.29, 0.717) is 17.3 Å². The average Bonchev–Trinajstić information content (AvgIpc) is 2.43. The van der Waals surface area contributed by atoms with Crippen LogP contribution in [0, 0.1) is 5.82 Å². The quantitative estimate of drug-likeness (QED) is 0.820. The van der Waals surface area contributed by atoms with Crippen molar-refractivity contribution in [2.24, 2.45) is 0 Å². The van der Waals surface area contributed by atoms with Crippen LogP contribution in [0.1, 0.15) is 32.5 Å². The minimum Gasteiger partial charge on any atom is -0.370 e. The highest BCUT2D eigenvalue weighted by Gasteiger charge is 2.10. The summed E-state index contributed by atoms with van der Waals surface area (Å²) in [5.74, 6) is 1.88. The van der Waals surface area contributed by atoms with Crippen molar-refractivity contribution in [1.82, 2.24) is 9.97 Å². The molecule has 0 saturated heterocycles. The van der Waals surface area contributed by atoms with Gasteiger partial charge in [-0.15, -0.1) is 0 Å². The summed E-state index contributed by atoms with van der Waals surface area (Å²) in [6, 6.07) is 6.52. The third-order valence-corrected chi connectivity index (χ3v) is 3.30. The summed E-state index contributed by atoms with van der Waals surface area (Å²) in [7, 11) is 0. The van der Waals surface area contributed by atoms with Crippen LogP contribution in [0.15, 0.2) is 28.7 Å². The van der Waals surface area contributed by atoms with Crippen LogP contribution < -0.4 is 10.6 Å². The molecular weight excluding hydrogens is 335 g/mol. The van der Waals surface area contributed by atoms with Crippen molar-refractivity contribution in [2.75, 3.05) is 17.2 Å². The Morgan fingerprint density at radius 3 is 2.57 bits per heavy atom. The van der Waals surface area contributed by atoms with Crippen molar-refractivity contribution in [2.45, 2.75) is 26.7 Å². The second kappa shape index (κ2) is 6.85. The third kappa shape index (κ3) is 4.14. The maximum atomic E-state index is 13.8. The van der Waals surface area contributed by atoms with Gasteiger partial charge in [0.15, 0.2) is 0 Å². The smallest absolute Gasteiger partial charge is 0.146 e. The number of anilines is 3. The van der Waals surface area contributed by atoms with Crippen LogP contribution in [0.3, 0.4) is 0 Å². The van der Waals surface area contributed by atoms with Crippen LogP contribution in [0.4, 0.5) is 21.7 Å². The van der Waals surface area contributed by atoms with Gasteiger partial charge in [-0.05, 0) is 25.1 Å².